The number of nitrogens with one attached hydrogen (secondary N) is 2. The first-order chi connectivity index (χ1) is 52.0. The number of carbonyl (C=O) groups excluding carboxylic acids is 7. The number of ketones is 1. The number of nitrogens with zero attached hydrogens (tertiary/aromatic N) is 6. The Bertz CT molecular complexity index is 3930. The van der Waals surface area contributed by atoms with Crippen LogP contribution in [-0.4, -0.2) is 245 Å². The van der Waals surface area contributed by atoms with Crippen LogP contribution in [0.4, 0.5) is 17.1 Å². The summed E-state index contributed by atoms with van der Waals surface area (Å²) in [7, 11) is 3.02. The van der Waals surface area contributed by atoms with Crippen LogP contribution in [0.5, 0.6) is 34.5 Å². The molecular weight excluding hydrogens is 1390 g/mol. The summed E-state index contributed by atoms with van der Waals surface area (Å²) in [6.45, 7) is 12.5. The zero-order valence-electron chi connectivity index (χ0n) is 61.1. The number of ether oxygens (including phenoxy) is 14. The van der Waals surface area contributed by atoms with Crippen LogP contribution in [0.1, 0.15) is 91.1 Å². The van der Waals surface area contributed by atoms with E-state index in [1.165, 1.54) is 26.4 Å². The molecule has 0 aromatic heterocycles. The Hall–Kier alpha value is -9.92. The fraction of sp³-hybridized carbons (Fsp3) is 0.481. The van der Waals surface area contributed by atoms with E-state index in [1.807, 2.05) is 56.6 Å². The number of methoxy groups -OCH3 is 2. The zero-order chi connectivity index (χ0) is 75.4. The number of fused-ring (bicyclic) bond motifs is 5. The lowest BCUT2D eigenvalue weighted by atomic mass is 9.92. The number of aliphatic imine (C=N–C) groups is 3. The second-order valence-electron chi connectivity index (χ2n) is 25.9. The van der Waals surface area contributed by atoms with E-state index in [2.05, 4.69) is 15.6 Å². The number of rotatable bonds is 47. The summed E-state index contributed by atoms with van der Waals surface area (Å²) < 4.78 is 79.1. The van der Waals surface area contributed by atoms with E-state index >= 15 is 0 Å². The molecule has 0 spiro atoms. The molecule has 4 N–H and O–H groups in total. The van der Waals surface area contributed by atoms with Gasteiger partial charge in [-0.2, -0.15) is 0 Å². The maximum absolute atomic E-state index is 14.2. The number of hydrogen-bond donors (Lipinski definition) is 3. The number of Topliss-reactive ketones (excluding diaryl/α,β-unsaturated/α-hetero) is 1. The van der Waals surface area contributed by atoms with Crippen LogP contribution < -0.4 is 44.8 Å². The SMILES string of the molecule is COc1cc2c(cc1OCCCOc1cc3c(cc1OC)C(=O)N1C=C(c4ccc5c(c4)OCO5)C[C@H]1C=N3)N=C[C@@H]1CC(c3ccc(NC(=O)[C@H](C)CC(=O)C(NC(=O)CCOCCOCCOCCOCCOCCOCCOCCOCCN=C(N)CCN4C(=O)C=CC4=O)C(C)C)cc3)=CN1C2=O. The van der Waals surface area contributed by atoms with Crippen LogP contribution in [-0.2, 0) is 61.9 Å². The maximum Gasteiger partial charge on any atom is 0.260 e. The van der Waals surface area contributed by atoms with E-state index in [1.54, 1.807) is 65.6 Å². The highest BCUT2D eigenvalue weighted by molar-refractivity contribution is 6.13. The molecule has 0 fully saturated rings. The molecule has 6 amide bonds. The summed E-state index contributed by atoms with van der Waals surface area (Å²) in [6.07, 6.45) is 11.5. The minimum absolute atomic E-state index is 0.0411. The molecule has 1 unspecified atom stereocenters. The van der Waals surface area contributed by atoms with E-state index in [4.69, 9.17) is 82.0 Å². The Morgan fingerprint density at radius 3 is 1.55 bits per heavy atom. The number of amidine groups is 1. The minimum atomic E-state index is -0.791. The van der Waals surface area contributed by atoms with Crippen LogP contribution in [0.3, 0.4) is 0 Å². The molecule has 4 atom stereocenters. The summed E-state index contributed by atoms with van der Waals surface area (Å²) in [6, 6.07) is 18.3. The first-order valence-corrected chi connectivity index (χ1v) is 36.0. The van der Waals surface area contributed by atoms with Crippen molar-refractivity contribution in [1.29, 1.82) is 0 Å². The summed E-state index contributed by atoms with van der Waals surface area (Å²) in [5.74, 6) is 0.288. The number of amides is 6. The van der Waals surface area contributed by atoms with Crippen LogP contribution in [0.2, 0.25) is 0 Å². The topological polar surface area (TPSA) is 346 Å². The van der Waals surface area contributed by atoms with Gasteiger partial charge in [0.05, 0.1) is 186 Å². The van der Waals surface area contributed by atoms with Gasteiger partial charge in [-0.25, -0.2) is 0 Å². The lowest BCUT2D eigenvalue weighted by molar-refractivity contribution is -0.136. The molecule has 4 aromatic carbocycles. The Kier molecular flexibility index (Phi) is 30.3. The number of anilines is 1. The summed E-state index contributed by atoms with van der Waals surface area (Å²) >= 11 is 0. The van der Waals surface area contributed by atoms with Gasteiger partial charge < -0.3 is 92.5 Å². The molecule has 30 nitrogen and oxygen atoms in total. The normalized spacial score (nSPS) is 16.8. The fourth-order valence-electron chi connectivity index (χ4n) is 12.1. The molecule has 4 aromatic rings. The van der Waals surface area contributed by atoms with E-state index < -0.39 is 12.0 Å². The van der Waals surface area contributed by atoms with Crippen molar-refractivity contribution in [3.63, 3.8) is 0 Å². The molecule has 6 aliphatic heterocycles. The van der Waals surface area contributed by atoms with Crippen molar-refractivity contribution in [2.24, 2.45) is 32.5 Å². The molecule has 6 aliphatic rings. The van der Waals surface area contributed by atoms with Crippen molar-refractivity contribution in [2.75, 3.05) is 158 Å². The first-order valence-electron chi connectivity index (χ1n) is 36.0. The maximum atomic E-state index is 14.2. The molecule has 6 heterocycles. The molecule has 0 bridgehead atoms. The predicted octanol–water partition coefficient (Wildman–Crippen LogP) is 7.09. The van der Waals surface area contributed by atoms with Gasteiger partial charge in [-0.1, -0.05) is 39.0 Å². The number of carbonyl (C=O) groups is 7. The van der Waals surface area contributed by atoms with Crippen molar-refractivity contribution < 1.29 is 99.9 Å². The van der Waals surface area contributed by atoms with Gasteiger partial charge >= 0.3 is 0 Å². The minimum Gasteiger partial charge on any atom is -0.493 e. The van der Waals surface area contributed by atoms with Crippen molar-refractivity contribution in [1.82, 2.24) is 20.0 Å². The Morgan fingerprint density at radius 1 is 0.570 bits per heavy atom. The van der Waals surface area contributed by atoms with Gasteiger partial charge in [0.2, 0.25) is 18.6 Å². The zero-order valence-corrected chi connectivity index (χ0v) is 61.1. The average molecular weight is 1480 g/mol. The number of benzene rings is 4. The third-order valence-corrected chi connectivity index (χ3v) is 17.9. The van der Waals surface area contributed by atoms with Gasteiger partial charge in [-0.3, -0.25) is 53.4 Å². The lowest BCUT2D eigenvalue weighted by Gasteiger charge is -2.23. The standard InChI is InChI=1S/C77H95N9O21/c1-50(2)74(83-71(88)16-21-96-23-25-98-27-29-100-31-33-102-35-36-103-34-32-101-30-28-99-26-24-97-22-17-79-70(78)15-18-84-72(89)13-14-73(84)90)63(87)37-51(3)75(91)82-56-10-7-52(8-11-56)54-38-57-45-80-61-43-68(65(94-4)41-59(61)76(92)85(57)47-54)104-19-6-20-105-69-44-62-60(42-66(69)95-5)77(93)86-48-55(39-58(86)46-81-62)53-9-12-64-67(40-53)107-49-106-64/h7-14,40-48,50-51,57-58,74H,6,15-39,49H2,1-5H3,(H2,78,79)(H,82,91)(H,83,88)/t51-,57+,58+,74?/m1/s1. The number of imide groups is 1. The Morgan fingerprint density at radius 2 is 1.05 bits per heavy atom. The average Bonchev–Trinajstić information content (AvgIpc) is 1.66. The van der Waals surface area contributed by atoms with Crippen LogP contribution in [0.15, 0.2) is 106 Å². The molecular formula is C77H95N9O21. The molecule has 574 valence electrons. The molecule has 0 saturated carbocycles. The largest absolute Gasteiger partial charge is 0.493 e. The van der Waals surface area contributed by atoms with Gasteiger partial charge in [-0.15, -0.1) is 0 Å². The molecule has 0 aliphatic carbocycles. The van der Waals surface area contributed by atoms with Crippen LogP contribution in [0, 0.1) is 11.8 Å². The highest BCUT2D eigenvalue weighted by Crippen LogP contribution is 2.43. The van der Waals surface area contributed by atoms with Gasteiger partial charge in [0.15, 0.2) is 40.3 Å². The summed E-state index contributed by atoms with van der Waals surface area (Å²) in [4.78, 5) is 109. The van der Waals surface area contributed by atoms with Crippen molar-refractivity contribution in [2.45, 2.75) is 77.4 Å². The van der Waals surface area contributed by atoms with Crippen molar-refractivity contribution >= 4 is 87.7 Å². The second kappa shape index (κ2) is 40.7. The van der Waals surface area contributed by atoms with Crippen molar-refractivity contribution in [3.8, 4) is 34.5 Å². The predicted molar refractivity (Wildman–Crippen MR) is 394 cm³/mol. The first kappa shape index (κ1) is 79.6. The third-order valence-electron chi connectivity index (χ3n) is 17.9. The summed E-state index contributed by atoms with van der Waals surface area (Å²) in [5.41, 5.74) is 11.7. The van der Waals surface area contributed by atoms with E-state index in [9.17, 15) is 33.6 Å². The molecule has 0 radical (unpaired) electrons. The Labute approximate surface area is 621 Å². The van der Waals surface area contributed by atoms with Crippen molar-refractivity contribution in [3.05, 3.63) is 114 Å². The van der Waals surface area contributed by atoms with Gasteiger partial charge in [0, 0.05) is 106 Å². The van der Waals surface area contributed by atoms with Gasteiger partial charge in [0.25, 0.3) is 23.6 Å². The molecule has 107 heavy (non-hydrogen) atoms. The van der Waals surface area contributed by atoms with Crippen LogP contribution in [0.25, 0.3) is 11.1 Å². The fourth-order valence-corrected chi connectivity index (χ4v) is 12.1. The van der Waals surface area contributed by atoms with Crippen LogP contribution >= 0.6 is 0 Å². The van der Waals surface area contributed by atoms with E-state index in [-0.39, 0.29) is 112 Å². The Balaban J connectivity index is 0.540. The second-order valence-corrected chi connectivity index (χ2v) is 25.9. The highest BCUT2D eigenvalue weighted by Gasteiger charge is 2.36. The lowest BCUT2D eigenvalue weighted by Crippen LogP contribution is -2.45. The van der Waals surface area contributed by atoms with E-state index in [0.29, 0.717) is 193 Å². The molecule has 0 saturated heterocycles. The highest BCUT2D eigenvalue weighted by atomic mass is 16.7. The summed E-state index contributed by atoms with van der Waals surface area (Å²) in [5, 5.41) is 5.75. The monoisotopic (exact) mass is 1480 g/mol. The molecule has 30 heteroatoms. The third kappa shape index (κ3) is 22.8. The number of hydrogen-bond acceptors (Lipinski definition) is 24. The quantitative estimate of drug-likeness (QED) is 0.0172. The van der Waals surface area contributed by atoms with Gasteiger partial charge in [-0.05, 0) is 64.6 Å². The van der Waals surface area contributed by atoms with Gasteiger partial charge in [0.1, 0.15) is 0 Å². The smallest absolute Gasteiger partial charge is 0.260 e. The molecule has 10 rings (SSSR count). The van der Waals surface area contributed by atoms with E-state index in [0.717, 1.165) is 27.2 Å². The number of nitrogens with two attached hydrogens (primary N) is 1.